The standard InChI is InChI=1S/C26H32ClN3O6/c1-3-22(26(32)28-19-10-5-4-6-11-19)29(16-18-9-7-8-12-21(18)27)25(31)17-36-20-13-14-23(30(33)34)24(15-20)35-2/h7-9,12-15,19,22H,3-6,10-11,16-17H2,1-2H3,(H,28,32)/t22-/m0/s1. The zero-order valence-electron chi connectivity index (χ0n) is 20.6. The fourth-order valence-corrected chi connectivity index (χ4v) is 4.60. The van der Waals surface area contributed by atoms with Gasteiger partial charge in [0.05, 0.1) is 12.0 Å². The van der Waals surface area contributed by atoms with E-state index in [0.717, 1.165) is 25.7 Å². The van der Waals surface area contributed by atoms with Gasteiger partial charge in [-0.3, -0.25) is 19.7 Å². The van der Waals surface area contributed by atoms with E-state index in [0.29, 0.717) is 17.0 Å². The molecule has 0 spiro atoms. The van der Waals surface area contributed by atoms with Gasteiger partial charge >= 0.3 is 5.69 Å². The molecule has 1 N–H and O–H groups in total. The molecule has 2 aromatic rings. The lowest BCUT2D eigenvalue weighted by atomic mass is 9.95. The molecule has 0 unspecified atom stereocenters. The Morgan fingerprint density at radius 1 is 1.19 bits per heavy atom. The highest BCUT2D eigenvalue weighted by Crippen LogP contribution is 2.31. The summed E-state index contributed by atoms with van der Waals surface area (Å²) in [4.78, 5) is 38.7. The molecule has 0 radical (unpaired) electrons. The minimum absolute atomic E-state index is 0.0242. The molecule has 194 valence electrons. The minimum Gasteiger partial charge on any atom is -0.490 e. The molecule has 0 bridgehead atoms. The number of hydrogen-bond donors (Lipinski definition) is 1. The van der Waals surface area contributed by atoms with Crippen LogP contribution in [0, 0.1) is 10.1 Å². The molecule has 2 amide bonds. The zero-order chi connectivity index (χ0) is 26.1. The van der Waals surface area contributed by atoms with Crippen molar-refractivity contribution in [2.24, 2.45) is 0 Å². The van der Waals surface area contributed by atoms with Crippen LogP contribution in [0.5, 0.6) is 11.5 Å². The van der Waals surface area contributed by atoms with Gasteiger partial charge in [-0.1, -0.05) is 56.0 Å². The van der Waals surface area contributed by atoms with Crippen LogP contribution in [-0.4, -0.2) is 47.4 Å². The molecule has 1 atom stereocenters. The van der Waals surface area contributed by atoms with Crippen molar-refractivity contribution in [2.45, 2.75) is 64.1 Å². The van der Waals surface area contributed by atoms with Crippen molar-refractivity contribution < 1.29 is 24.0 Å². The number of carbonyl (C=O) groups is 2. The van der Waals surface area contributed by atoms with E-state index in [1.54, 1.807) is 12.1 Å². The number of carbonyl (C=O) groups excluding carboxylic acids is 2. The number of amides is 2. The quantitative estimate of drug-likeness (QED) is 0.335. The van der Waals surface area contributed by atoms with Crippen LogP contribution in [0.2, 0.25) is 5.02 Å². The third-order valence-corrected chi connectivity index (χ3v) is 6.71. The van der Waals surface area contributed by atoms with Gasteiger partial charge in [0.15, 0.2) is 6.61 Å². The van der Waals surface area contributed by atoms with Crippen molar-refractivity contribution >= 4 is 29.1 Å². The summed E-state index contributed by atoms with van der Waals surface area (Å²) in [6.07, 6.45) is 5.62. The van der Waals surface area contributed by atoms with Crippen LogP contribution in [0.25, 0.3) is 0 Å². The topological polar surface area (TPSA) is 111 Å². The molecule has 0 heterocycles. The number of nitrogens with one attached hydrogen (secondary N) is 1. The third kappa shape index (κ3) is 7.10. The Balaban J connectivity index is 1.79. The zero-order valence-corrected chi connectivity index (χ0v) is 21.3. The second-order valence-corrected chi connectivity index (χ2v) is 9.17. The van der Waals surface area contributed by atoms with Crippen molar-refractivity contribution in [1.82, 2.24) is 10.2 Å². The first-order valence-electron chi connectivity index (χ1n) is 12.1. The first-order valence-corrected chi connectivity index (χ1v) is 12.5. The van der Waals surface area contributed by atoms with E-state index in [9.17, 15) is 19.7 Å². The summed E-state index contributed by atoms with van der Waals surface area (Å²) in [5.74, 6) is -0.334. The molecule has 2 aromatic carbocycles. The first-order chi connectivity index (χ1) is 17.3. The first kappa shape index (κ1) is 27.3. The average Bonchev–Trinajstić information content (AvgIpc) is 2.88. The highest BCUT2D eigenvalue weighted by molar-refractivity contribution is 6.31. The van der Waals surface area contributed by atoms with Crippen LogP contribution in [0.3, 0.4) is 0 Å². The van der Waals surface area contributed by atoms with Gasteiger partial charge in [0.1, 0.15) is 11.8 Å². The number of hydrogen-bond acceptors (Lipinski definition) is 6. The second kappa shape index (κ2) is 13.1. The largest absolute Gasteiger partial charge is 0.490 e. The number of methoxy groups -OCH3 is 1. The molecule has 0 aliphatic heterocycles. The Bertz CT molecular complexity index is 1070. The number of rotatable bonds is 11. The SMILES string of the molecule is CC[C@@H](C(=O)NC1CCCCC1)N(Cc1ccccc1Cl)C(=O)COc1ccc([N+](=O)[O-])c(OC)c1. The molecule has 0 aromatic heterocycles. The fraction of sp³-hybridized carbons (Fsp3) is 0.462. The van der Waals surface area contributed by atoms with Crippen LogP contribution in [0.15, 0.2) is 42.5 Å². The van der Waals surface area contributed by atoms with Gasteiger partial charge in [0, 0.05) is 29.7 Å². The lowest BCUT2D eigenvalue weighted by molar-refractivity contribution is -0.385. The molecule has 10 heteroatoms. The van der Waals surface area contributed by atoms with Gasteiger partial charge in [-0.25, -0.2) is 0 Å². The number of nitro benzene ring substituents is 1. The van der Waals surface area contributed by atoms with Gasteiger partial charge in [0.2, 0.25) is 11.7 Å². The molecule has 1 aliphatic carbocycles. The normalized spacial score (nSPS) is 14.5. The summed E-state index contributed by atoms with van der Waals surface area (Å²) in [7, 11) is 1.32. The maximum absolute atomic E-state index is 13.4. The molecule has 1 saturated carbocycles. The molecule has 1 aliphatic rings. The third-order valence-electron chi connectivity index (χ3n) is 6.35. The van der Waals surface area contributed by atoms with Gasteiger partial charge in [-0.05, 0) is 37.0 Å². The smallest absolute Gasteiger partial charge is 0.311 e. The summed E-state index contributed by atoms with van der Waals surface area (Å²) < 4.78 is 10.7. The second-order valence-electron chi connectivity index (χ2n) is 8.76. The molecular formula is C26H32ClN3O6. The molecule has 0 saturated heterocycles. The van der Waals surface area contributed by atoms with Crippen molar-refractivity contribution in [3.8, 4) is 11.5 Å². The van der Waals surface area contributed by atoms with E-state index in [1.807, 2.05) is 19.1 Å². The van der Waals surface area contributed by atoms with E-state index >= 15 is 0 Å². The molecule has 1 fully saturated rings. The number of nitro groups is 1. The van der Waals surface area contributed by atoms with Crippen LogP contribution < -0.4 is 14.8 Å². The highest BCUT2D eigenvalue weighted by Gasteiger charge is 2.31. The maximum Gasteiger partial charge on any atom is 0.311 e. The summed E-state index contributed by atoms with van der Waals surface area (Å²) in [5.41, 5.74) is 0.510. The fourth-order valence-electron chi connectivity index (χ4n) is 4.40. The molecular weight excluding hydrogens is 486 g/mol. The van der Waals surface area contributed by atoms with Gasteiger partial charge < -0.3 is 19.7 Å². The monoisotopic (exact) mass is 517 g/mol. The lowest BCUT2D eigenvalue weighted by Crippen LogP contribution is -2.52. The Morgan fingerprint density at radius 2 is 1.92 bits per heavy atom. The average molecular weight is 518 g/mol. The summed E-state index contributed by atoms with van der Waals surface area (Å²) in [6.45, 7) is 1.64. The van der Waals surface area contributed by atoms with E-state index < -0.39 is 16.9 Å². The van der Waals surface area contributed by atoms with Crippen LogP contribution in [-0.2, 0) is 16.1 Å². The predicted molar refractivity (Wildman–Crippen MR) is 136 cm³/mol. The van der Waals surface area contributed by atoms with Crippen LogP contribution in [0.1, 0.15) is 51.0 Å². The van der Waals surface area contributed by atoms with E-state index in [2.05, 4.69) is 5.32 Å². The van der Waals surface area contributed by atoms with Crippen molar-refractivity contribution in [1.29, 1.82) is 0 Å². The number of halogens is 1. The Morgan fingerprint density at radius 3 is 2.56 bits per heavy atom. The molecule has 3 rings (SSSR count). The van der Waals surface area contributed by atoms with Crippen LogP contribution in [0.4, 0.5) is 5.69 Å². The van der Waals surface area contributed by atoms with E-state index in [-0.39, 0.29) is 42.3 Å². The van der Waals surface area contributed by atoms with Crippen LogP contribution >= 0.6 is 11.6 Å². The van der Waals surface area contributed by atoms with Crippen molar-refractivity contribution in [3.05, 3.63) is 63.2 Å². The predicted octanol–water partition coefficient (Wildman–Crippen LogP) is 4.89. The van der Waals surface area contributed by atoms with Crippen molar-refractivity contribution in [3.63, 3.8) is 0 Å². The van der Waals surface area contributed by atoms with Crippen molar-refractivity contribution in [2.75, 3.05) is 13.7 Å². The molecule has 9 nitrogen and oxygen atoms in total. The Labute approximate surface area is 215 Å². The van der Waals surface area contributed by atoms with Gasteiger partial charge in [-0.15, -0.1) is 0 Å². The summed E-state index contributed by atoms with van der Waals surface area (Å²) in [6, 6.07) is 10.6. The number of ether oxygens (including phenoxy) is 2. The highest BCUT2D eigenvalue weighted by atomic mass is 35.5. The minimum atomic E-state index is -0.703. The number of nitrogens with zero attached hydrogens (tertiary/aromatic N) is 2. The van der Waals surface area contributed by atoms with Gasteiger partial charge in [0.25, 0.3) is 5.91 Å². The summed E-state index contributed by atoms with van der Waals surface area (Å²) in [5, 5.41) is 14.8. The Hall–Kier alpha value is -3.33. The molecule has 36 heavy (non-hydrogen) atoms. The summed E-state index contributed by atoms with van der Waals surface area (Å²) >= 11 is 6.36. The van der Waals surface area contributed by atoms with Gasteiger partial charge in [-0.2, -0.15) is 0 Å². The number of benzene rings is 2. The van der Waals surface area contributed by atoms with E-state index in [1.165, 1.54) is 36.6 Å². The van der Waals surface area contributed by atoms with E-state index in [4.69, 9.17) is 21.1 Å². The maximum atomic E-state index is 13.4. The lowest BCUT2D eigenvalue weighted by Gasteiger charge is -2.33. The Kier molecular flexibility index (Phi) is 9.93.